The lowest BCUT2D eigenvalue weighted by atomic mass is 10.0. The zero-order valence-electron chi connectivity index (χ0n) is 16.6. The molecule has 0 fully saturated rings. The van der Waals surface area contributed by atoms with E-state index in [0.29, 0.717) is 16.5 Å². The highest BCUT2D eigenvalue weighted by Gasteiger charge is 2.22. The van der Waals surface area contributed by atoms with Crippen LogP contribution in [0.3, 0.4) is 0 Å². The van der Waals surface area contributed by atoms with Gasteiger partial charge >= 0.3 is 5.97 Å². The number of para-hydroxylation sites is 1. The molecule has 0 radical (unpaired) electrons. The number of carbonyl (C=O) groups is 2. The van der Waals surface area contributed by atoms with E-state index in [4.69, 9.17) is 0 Å². The van der Waals surface area contributed by atoms with Crippen LogP contribution >= 0.6 is 0 Å². The van der Waals surface area contributed by atoms with E-state index >= 15 is 0 Å². The predicted octanol–water partition coefficient (Wildman–Crippen LogP) is 2.65. The maximum absolute atomic E-state index is 12.6. The molecule has 0 bridgehead atoms. The van der Waals surface area contributed by atoms with Gasteiger partial charge < -0.3 is 10.4 Å². The van der Waals surface area contributed by atoms with Gasteiger partial charge in [-0.25, -0.2) is 9.78 Å². The van der Waals surface area contributed by atoms with E-state index in [9.17, 15) is 19.5 Å². The van der Waals surface area contributed by atoms with Gasteiger partial charge in [0.1, 0.15) is 0 Å². The number of amides is 1. The maximum atomic E-state index is 12.6. The molecule has 3 rings (SSSR count). The molecule has 0 saturated heterocycles. The molecule has 150 valence electrons. The van der Waals surface area contributed by atoms with Gasteiger partial charge in [-0.3, -0.25) is 14.2 Å². The molecule has 3 aromatic rings. The van der Waals surface area contributed by atoms with Crippen LogP contribution in [0.1, 0.15) is 34.7 Å². The normalized spacial score (nSPS) is 12.0. The predicted molar refractivity (Wildman–Crippen MR) is 110 cm³/mol. The van der Waals surface area contributed by atoms with Crippen LogP contribution in [0.15, 0.2) is 47.5 Å². The molecule has 1 heterocycles. The smallest absolute Gasteiger partial charge is 0.330 e. The van der Waals surface area contributed by atoms with Crippen molar-refractivity contribution in [3.05, 3.63) is 75.3 Å². The zero-order chi connectivity index (χ0) is 21.1. The van der Waals surface area contributed by atoms with Crippen molar-refractivity contribution in [3.8, 4) is 0 Å². The first kappa shape index (κ1) is 20.3. The van der Waals surface area contributed by atoms with Crippen LogP contribution in [0.4, 0.5) is 0 Å². The lowest BCUT2D eigenvalue weighted by molar-refractivity contribution is -0.142. The molecule has 1 amide bonds. The highest BCUT2D eigenvalue weighted by molar-refractivity contribution is 5.84. The van der Waals surface area contributed by atoms with Crippen molar-refractivity contribution in [1.82, 2.24) is 14.9 Å². The van der Waals surface area contributed by atoms with Gasteiger partial charge in [-0.15, -0.1) is 0 Å². The van der Waals surface area contributed by atoms with Crippen LogP contribution in [-0.2, 0) is 16.1 Å². The summed E-state index contributed by atoms with van der Waals surface area (Å²) in [5, 5.41) is 12.6. The highest BCUT2D eigenvalue weighted by Crippen LogP contribution is 2.18. The second kappa shape index (κ2) is 8.26. The number of nitrogens with zero attached hydrogens (tertiary/aromatic N) is 2. The van der Waals surface area contributed by atoms with Crippen LogP contribution in [0, 0.1) is 20.8 Å². The fourth-order valence-electron chi connectivity index (χ4n) is 3.42. The topological polar surface area (TPSA) is 101 Å². The summed E-state index contributed by atoms with van der Waals surface area (Å²) in [7, 11) is 0. The number of carboxylic acid groups (broad SMARTS) is 1. The van der Waals surface area contributed by atoms with Crippen LogP contribution in [0.25, 0.3) is 10.9 Å². The average molecular weight is 393 g/mol. The molecule has 7 heteroatoms. The third-order valence-corrected chi connectivity index (χ3v) is 4.76. The lowest BCUT2D eigenvalue weighted by Gasteiger charge is -2.16. The fraction of sp³-hybridized carbons (Fsp3) is 0.273. The average Bonchev–Trinajstić information content (AvgIpc) is 2.65. The molecular formula is C22H23N3O4. The Kier molecular flexibility index (Phi) is 5.77. The Morgan fingerprint density at radius 3 is 2.48 bits per heavy atom. The summed E-state index contributed by atoms with van der Waals surface area (Å²) in [6, 6.07) is 9.65. The van der Waals surface area contributed by atoms with Gasteiger partial charge in [0.15, 0.2) is 6.04 Å². The number of aliphatic carboxylic acids is 1. The quantitative estimate of drug-likeness (QED) is 0.670. The molecule has 0 spiro atoms. The number of hydrogen-bond donors (Lipinski definition) is 2. The van der Waals surface area contributed by atoms with Crippen LogP contribution in [0.2, 0.25) is 0 Å². The van der Waals surface area contributed by atoms with Crippen LogP contribution in [-0.4, -0.2) is 26.5 Å². The number of carboxylic acids is 1. The Morgan fingerprint density at radius 2 is 1.83 bits per heavy atom. The fourth-order valence-corrected chi connectivity index (χ4v) is 3.42. The molecule has 0 saturated carbocycles. The summed E-state index contributed by atoms with van der Waals surface area (Å²) in [6.07, 6.45) is 1.39. The second-order valence-corrected chi connectivity index (χ2v) is 7.22. The third kappa shape index (κ3) is 4.51. The van der Waals surface area contributed by atoms with Crippen LogP contribution < -0.4 is 10.9 Å². The molecule has 0 aliphatic rings. The van der Waals surface area contributed by atoms with E-state index in [1.165, 1.54) is 10.9 Å². The molecule has 0 aliphatic carbocycles. The first-order valence-corrected chi connectivity index (χ1v) is 9.31. The van der Waals surface area contributed by atoms with Gasteiger partial charge in [-0.2, -0.15) is 0 Å². The Balaban J connectivity index is 1.75. The lowest BCUT2D eigenvalue weighted by Crippen LogP contribution is -2.35. The second-order valence-electron chi connectivity index (χ2n) is 7.22. The summed E-state index contributed by atoms with van der Waals surface area (Å²) in [6.45, 7) is 5.74. The minimum absolute atomic E-state index is 0.0342. The number of hydrogen-bond acceptors (Lipinski definition) is 4. The van der Waals surface area contributed by atoms with Crippen molar-refractivity contribution in [2.24, 2.45) is 0 Å². The molecule has 1 aromatic heterocycles. The van der Waals surface area contributed by atoms with Gasteiger partial charge in [-0.1, -0.05) is 41.5 Å². The number of rotatable bonds is 6. The van der Waals surface area contributed by atoms with Crippen molar-refractivity contribution in [2.45, 2.75) is 39.8 Å². The van der Waals surface area contributed by atoms with E-state index in [1.54, 1.807) is 24.3 Å². The molecule has 29 heavy (non-hydrogen) atoms. The minimum Gasteiger partial charge on any atom is -0.479 e. The minimum atomic E-state index is -1.14. The Morgan fingerprint density at radius 1 is 1.14 bits per heavy atom. The van der Waals surface area contributed by atoms with Gasteiger partial charge in [0.25, 0.3) is 5.56 Å². The highest BCUT2D eigenvalue weighted by atomic mass is 16.4. The van der Waals surface area contributed by atoms with Crippen molar-refractivity contribution in [2.75, 3.05) is 0 Å². The monoisotopic (exact) mass is 393 g/mol. The van der Waals surface area contributed by atoms with E-state index in [1.807, 2.05) is 32.9 Å². The summed E-state index contributed by atoms with van der Waals surface area (Å²) in [4.78, 5) is 41.0. The largest absolute Gasteiger partial charge is 0.479 e. The van der Waals surface area contributed by atoms with E-state index < -0.39 is 17.9 Å². The number of aryl methyl sites for hydroxylation is 4. The molecule has 7 nitrogen and oxygen atoms in total. The third-order valence-electron chi connectivity index (χ3n) is 4.76. The summed E-state index contributed by atoms with van der Waals surface area (Å²) in [5.41, 5.74) is 3.68. The zero-order valence-corrected chi connectivity index (χ0v) is 16.6. The van der Waals surface area contributed by atoms with Gasteiger partial charge in [0.05, 0.1) is 17.2 Å². The number of benzene rings is 2. The summed E-state index contributed by atoms with van der Waals surface area (Å²) < 4.78 is 1.37. The Labute approximate surface area is 168 Å². The van der Waals surface area contributed by atoms with Crippen molar-refractivity contribution in [1.29, 1.82) is 0 Å². The molecule has 1 unspecified atom stereocenters. The van der Waals surface area contributed by atoms with Crippen molar-refractivity contribution >= 4 is 22.8 Å². The van der Waals surface area contributed by atoms with Gasteiger partial charge in [0.2, 0.25) is 5.91 Å². The first-order chi connectivity index (χ1) is 13.8. The summed E-state index contributed by atoms with van der Waals surface area (Å²) in [5.74, 6) is -1.59. The molecule has 2 aromatic carbocycles. The van der Waals surface area contributed by atoms with Gasteiger partial charge in [0, 0.05) is 13.0 Å². The molecule has 0 aliphatic heterocycles. The number of fused-ring (bicyclic) bond motifs is 1. The number of aromatic nitrogens is 2. The van der Waals surface area contributed by atoms with Crippen molar-refractivity contribution < 1.29 is 14.7 Å². The van der Waals surface area contributed by atoms with E-state index in [0.717, 1.165) is 16.7 Å². The maximum Gasteiger partial charge on any atom is 0.330 e. The number of carbonyl (C=O) groups excluding carboxylic acids is 1. The standard InChI is InChI=1S/C22H23N3O4/c1-13-9-14(2)11-16(10-13)20(22(28)29)24-18(26)7-8-25-12-23-19-15(3)5-4-6-17(19)21(25)27/h4-6,9-12,20H,7-8H2,1-3H3,(H,24,26)(H,28,29). The van der Waals surface area contributed by atoms with E-state index in [-0.39, 0.29) is 18.5 Å². The first-order valence-electron chi connectivity index (χ1n) is 9.31. The van der Waals surface area contributed by atoms with Gasteiger partial charge in [-0.05, 0) is 38.0 Å². The Hall–Kier alpha value is -3.48. The molecule has 1 atom stereocenters. The SMILES string of the molecule is Cc1cc(C)cc(C(NC(=O)CCn2cnc3c(C)cccc3c2=O)C(=O)O)c1. The van der Waals surface area contributed by atoms with Crippen molar-refractivity contribution in [3.63, 3.8) is 0 Å². The Bertz CT molecular complexity index is 1130. The van der Waals surface area contributed by atoms with Crippen LogP contribution in [0.5, 0.6) is 0 Å². The number of nitrogens with one attached hydrogen (secondary N) is 1. The summed E-state index contributed by atoms with van der Waals surface area (Å²) >= 11 is 0. The molecular weight excluding hydrogens is 370 g/mol. The van der Waals surface area contributed by atoms with E-state index in [2.05, 4.69) is 10.3 Å². The molecule has 2 N–H and O–H groups in total.